The van der Waals surface area contributed by atoms with Gasteiger partial charge in [0.1, 0.15) is 11.6 Å². The molecule has 4 rings (SSSR count). The number of benzene rings is 2. The zero-order valence-corrected chi connectivity index (χ0v) is 23.3. The average molecular weight is 673 g/mol. The number of carbonyl (C=O) groups is 1. The molecule has 0 saturated carbocycles. The molecular weight excluding hydrogens is 646 g/mol. The number of nitrogens with one attached hydrogen (secondary N) is 2. The summed E-state index contributed by atoms with van der Waals surface area (Å²) in [6, 6.07) is 10.4. The van der Waals surface area contributed by atoms with Gasteiger partial charge in [0, 0.05) is 64.9 Å². The average Bonchev–Trinajstić information content (AvgIpc) is 3.25. The molecule has 33 heavy (non-hydrogen) atoms. The van der Waals surface area contributed by atoms with Gasteiger partial charge < -0.3 is 15.6 Å². The minimum atomic E-state index is -0.412. The van der Waals surface area contributed by atoms with Crippen molar-refractivity contribution in [1.82, 2.24) is 4.98 Å². The van der Waals surface area contributed by atoms with Gasteiger partial charge in [0.05, 0.1) is 5.57 Å². The second-order valence-electron chi connectivity index (χ2n) is 7.54. The van der Waals surface area contributed by atoms with Gasteiger partial charge in [-0.2, -0.15) is 13.6 Å². The first kappa shape index (κ1) is 26.8. The summed E-state index contributed by atoms with van der Waals surface area (Å²) in [5.74, 6) is -1.03. The van der Waals surface area contributed by atoms with Crippen LogP contribution < -0.4 is 5.32 Å². The second-order valence-corrected chi connectivity index (χ2v) is 7.54. The number of allylic oxidation sites excluding steroid dienone is 1. The van der Waals surface area contributed by atoms with E-state index in [4.69, 9.17) is 0 Å². The molecule has 0 spiro atoms. The van der Waals surface area contributed by atoms with Crippen molar-refractivity contribution in [3.63, 3.8) is 0 Å². The van der Waals surface area contributed by atoms with E-state index in [-0.39, 0.29) is 42.8 Å². The molecule has 170 valence electrons. The monoisotopic (exact) mass is 672 g/mol. The van der Waals surface area contributed by atoms with Gasteiger partial charge in [-0.15, -0.1) is 0 Å². The van der Waals surface area contributed by atoms with Crippen LogP contribution in [0.2, 0.25) is 0 Å². The molecule has 0 fully saturated rings. The van der Waals surface area contributed by atoms with Gasteiger partial charge >= 0.3 is 0 Å². The first-order valence-electron chi connectivity index (χ1n) is 10.3. The number of anilines is 1. The molecule has 2 aromatic carbocycles. The van der Waals surface area contributed by atoms with Crippen LogP contribution in [0.3, 0.4) is 0 Å². The number of aromatic amines is 1. The minimum absolute atomic E-state index is 0. The van der Waals surface area contributed by atoms with E-state index >= 15 is 0 Å². The van der Waals surface area contributed by atoms with E-state index in [1.807, 2.05) is 20.8 Å². The normalized spacial score (nSPS) is 13.0. The first-order chi connectivity index (χ1) is 15.3. The number of H-pyrrole nitrogens is 1. The third-order valence-corrected chi connectivity index (χ3v) is 5.15. The molecule has 1 aliphatic rings. The van der Waals surface area contributed by atoms with Crippen molar-refractivity contribution in [1.29, 1.82) is 0 Å². The van der Waals surface area contributed by atoms with Crippen LogP contribution in [0.1, 0.15) is 36.4 Å². The Morgan fingerprint density at radius 1 is 1.12 bits per heavy atom. The maximum absolute atomic E-state index is 13.7. The standard InChI is InChI=1S/C23H18F2N2O.C3H8N.U/c1-12(2)21-13(3)26-20(22(21)14-4-6-15(24)7-5-14)11-18-17-10-16(25)8-9-19(17)27-23(18)28;1-3-4-2;/h4-11,26H,1H2,2-3H3,(H,27,28);3H2,1-2H3;/q;-1;/b18-11-;;. The number of aryl methyl sites for hydroxylation is 1. The van der Waals surface area contributed by atoms with Crippen molar-refractivity contribution in [2.24, 2.45) is 0 Å². The molecule has 1 aliphatic heterocycles. The van der Waals surface area contributed by atoms with E-state index in [1.165, 1.54) is 24.3 Å². The van der Waals surface area contributed by atoms with Crippen LogP contribution >= 0.6 is 0 Å². The predicted octanol–water partition coefficient (Wildman–Crippen LogP) is 6.80. The smallest absolute Gasteiger partial charge is 0.256 e. The van der Waals surface area contributed by atoms with Gasteiger partial charge in [-0.1, -0.05) is 25.6 Å². The van der Waals surface area contributed by atoms with E-state index in [9.17, 15) is 13.6 Å². The topological polar surface area (TPSA) is 59.0 Å². The molecule has 2 N–H and O–H groups in total. The molecular formula is C26H26F2N3OU-. The van der Waals surface area contributed by atoms with Crippen LogP contribution in [-0.4, -0.2) is 24.5 Å². The van der Waals surface area contributed by atoms with Gasteiger partial charge in [-0.25, -0.2) is 8.78 Å². The summed E-state index contributed by atoms with van der Waals surface area (Å²) in [5.41, 5.74) is 6.41. The second kappa shape index (κ2) is 11.6. The zero-order valence-electron chi connectivity index (χ0n) is 19.1. The summed E-state index contributed by atoms with van der Waals surface area (Å²) in [5, 5.41) is 6.49. The van der Waals surface area contributed by atoms with Crippen LogP contribution in [0.25, 0.3) is 33.7 Å². The predicted molar refractivity (Wildman–Crippen MR) is 128 cm³/mol. The Morgan fingerprint density at radius 2 is 1.73 bits per heavy atom. The molecule has 0 saturated heterocycles. The van der Waals surface area contributed by atoms with Gasteiger partial charge in [-0.3, -0.25) is 4.79 Å². The molecule has 1 aromatic heterocycles. The van der Waals surface area contributed by atoms with Gasteiger partial charge in [-0.05, 0) is 61.4 Å². The number of aromatic nitrogens is 1. The fraction of sp³-hybridized carbons (Fsp3) is 0.192. The van der Waals surface area contributed by atoms with Gasteiger partial charge in [0.2, 0.25) is 0 Å². The quantitative estimate of drug-likeness (QED) is 0.295. The SMILES string of the molecule is C=C(C)c1c(C)[nH]c(/C=C2\C(=O)Nc3ccc(F)cc32)c1-c1ccc(F)cc1.CC[N-]C.[U]. The number of carbonyl (C=O) groups excluding carboxylic acids is 1. The van der Waals surface area contributed by atoms with Crippen LogP contribution in [0, 0.1) is 49.7 Å². The fourth-order valence-electron chi connectivity index (χ4n) is 3.66. The summed E-state index contributed by atoms with van der Waals surface area (Å²) in [6.45, 7) is 10.8. The summed E-state index contributed by atoms with van der Waals surface area (Å²) in [4.78, 5) is 15.8. The van der Waals surface area contributed by atoms with Crippen molar-refractivity contribution < 1.29 is 44.7 Å². The molecule has 7 heteroatoms. The van der Waals surface area contributed by atoms with E-state index in [1.54, 1.807) is 31.3 Å². The molecule has 0 unspecified atom stereocenters. The van der Waals surface area contributed by atoms with Crippen LogP contribution in [0.15, 0.2) is 49.0 Å². The van der Waals surface area contributed by atoms with Crippen molar-refractivity contribution in [2.75, 3.05) is 18.9 Å². The Kier molecular flexibility index (Phi) is 9.42. The van der Waals surface area contributed by atoms with E-state index in [0.29, 0.717) is 22.5 Å². The van der Waals surface area contributed by atoms with Crippen LogP contribution in [0.4, 0.5) is 14.5 Å². The largest absolute Gasteiger partial charge is 0.665 e. The summed E-state index contributed by atoms with van der Waals surface area (Å²) in [6.07, 6.45) is 1.71. The van der Waals surface area contributed by atoms with E-state index in [2.05, 4.69) is 22.2 Å². The molecule has 0 atom stereocenters. The zero-order chi connectivity index (χ0) is 23.4. The maximum atomic E-state index is 13.7. The summed E-state index contributed by atoms with van der Waals surface area (Å²) >= 11 is 0. The molecule has 3 aromatic rings. The number of halogens is 2. The molecule has 0 bridgehead atoms. The molecule has 2 heterocycles. The van der Waals surface area contributed by atoms with E-state index in [0.717, 1.165) is 34.5 Å². The molecule has 0 radical (unpaired) electrons. The number of nitrogens with zero attached hydrogens (tertiary/aromatic N) is 1. The van der Waals surface area contributed by atoms with Gasteiger partial charge in [0.15, 0.2) is 0 Å². The Hall–Kier alpha value is -2.46. The fourth-order valence-corrected chi connectivity index (χ4v) is 3.66. The first-order valence-corrected chi connectivity index (χ1v) is 10.3. The van der Waals surface area contributed by atoms with Crippen molar-refractivity contribution in [3.8, 4) is 11.1 Å². The van der Waals surface area contributed by atoms with Crippen molar-refractivity contribution in [3.05, 3.63) is 88.5 Å². The third-order valence-electron chi connectivity index (χ3n) is 5.15. The number of rotatable bonds is 4. The third kappa shape index (κ3) is 5.92. The summed E-state index contributed by atoms with van der Waals surface area (Å²) < 4.78 is 27.2. The van der Waals surface area contributed by atoms with Crippen molar-refractivity contribution >= 4 is 28.8 Å². The van der Waals surface area contributed by atoms with Crippen LogP contribution in [0.5, 0.6) is 0 Å². The summed E-state index contributed by atoms with van der Waals surface area (Å²) in [7, 11) is 1.81. The maximum Gasteiger partial charge on any atom is 0.256 e. The number of fused-ring (bicyclic) bond motifs is 1. The Balaban J connectivity index is 0.000000714. The molecule has 1 amide bonds. The minimum Gasteiger partial charge on any atom is -0.665 e. The molecule has 0 aliphatic carbocycles. The van der Waals surface area contributed by atoms with E-state index < -0.39 is 5.82 Å². The number of hydrogen-bond donors (Lipinski definition) is 2. The van der Waals surface area contributed by atoms with Crippen molar-refractivity contribution in [2.45, 2.75) is 20.8 Å². The van der Waals surface area contributed by atoms with Gasteiger partial charge in [0.25, 0.3) is 5.91 Å². The Labute approximate surface area is 216 Å². The molecule has 4 nitrogen and oxygen atoms in total. The Morgan fingerprint density at radius 3 is 2.30 bits per heavy atom. The number of hydrogen-bond acceptors (Lipinski definition) is 1. The van der Waals surface area contributed by atoms with Crippen LogP contribution in [-0.2, 0) is 4.79 Å². The number of amides is 1. The Bertz CT molecular complexity index is 1190.